The van der Waals surface area contributed by atoms with Crippen molar-refractivity contribution in [3.05, 3.63) is 34.9 Å². The SMILES string of the molecule is CCc1ccc2c(c1)C(OC)(C(=O)O)CC2. The summed E-state index contributed by atoms with van der Waals surface area (Å²) in [4.78, 5) is 11.4. The predicted molar refractivity (Wildman–Crippen MR) is 60.5 cm³/mol. The molecule has 86 valence electrons. The Kier molecular flexibility index (Phi) is 2.72. The molecule has 3 heteroatoms. The van der Waals surface area contributed by atoms with Gasteiger partial charge < -0.3 is 9.84 Å². The molecule has 1 atom stereocenters. The van der Waals surface area contributed by atoms with Crippen LogP contribution in [0.2, 0.25) is 0 Å². The van der Waals surface area contributed by atoms with E-state index in [1.165, 1.54) is 7.11 Å². The van der Waals surface area contributed by atoms with Gasteiger partial charge in [0.25, 0.3) is 0 Å². The molecule has 0 amide bonds. The van der Waals surface area contributed by atoms with Gasteiger partial charge in [0, 0.05) is 7.11 Å². The smallest absolute Gasteiger partial charge is 0.340 e. The maximum Gasteiger partial charge on any atom is 0.340 e. The fourth-order valence-corrected chi connectivity index (χ4v) is 2.40. The van der Waals surface area contributed by atoms with E-state index in [0.717, 1.165) is 29.5 Å². The van der Waals surface area contributed by atoms with Gasteiger partial charge in [-0.05, 0) is 36.0 Å². The average Bonchev–Trinajstić information content (AvgIpc) is 2.67. The maximum absolute atomic E-state index is 11.4. The van der Waals surface area contributed by atoms with Gasteiger partial charge in [-0.2, -0.15) is 0 Å². The third kappa shape index (κ3) is 1.43. The molecule has 0 aliphatic heterocycles. The molecule has 3 nitrogen and oxygen atoms in total. The van der Waals surface area contributed by atoms with Crippen molar-refractivity contribution in [1.29, 1.82) is 0 Å². The van der Waals surface area contributed by atoms with E-state index in [-0.39, 0.29) is 0 Å². The van der Waals surface area contributed by atoms with Gasteiger partial charge in [0.2, 0.25) is 0 Å². The number of fused-ring (bicyclic) bond motifs is 1. The van der Waals surface area contributed by atoms with E-state index in [9.17, 15) is 9.90 Å². The first-order valence-corrected chi connectivity index (χ1v) is 5.55. The molecule has 0 heterocycles. The van der Waals surface area contributed by atoms with Gasteiger partial charge in [0.1, 0.15) is 0 Å². The summed E-state index contributed by atoms with van der Waals surface area (Å²) >= 11 is 0. The Morgan fingerprint density at radius 3 is 2.88 bits per heavy atom. The summed E-state index contributed by atoms with van der Waals surface area (Å²) in [5, 5.41) is 9.35. The van der Waals surface area contributed by atoms with Crippen LogP contribution in [0.1, 0.15) is 30.0 Å². The van der Waals surface area contributed by atoms with Crippen LogP contribution in [0.3, 0.4) is 0 Å². The second-order valence-electron chi connectivity index (χ2n) is 4.18. The van der Waals surface area contributed by atoms with Crippen LogP contribution in [0.5, 0.6) is 0 Å². The summed E-state index contributed by atoms with van der Waals surface area (Å²) in [5.41, 5.74) is 1.96. The first kappa shape index (κ1) is 11.1. The lowest BCUT2D eigenvalue weighted by atomic mass is 9.94. The number of carboxylic acids is 1. The summed E-state index contributed by atoms with van der Waals surface area (Å²) in [5.74, 6) is -0.887. The zero-order valence-electron chi connectivity index (χ0n) is 9.62. The summed E-state index contributed by atoms with van der Waals surface area (Å²) in [6.07, 6.45) is 2.22. The highest BCUT2D eigenvalue weighted by atomic mass is 16.5. The summed E-state index contributed by atoms with van der Waals surface area (Å²) < 4.78 is 5.29. The molecular formula is C13H16O3. The second-order valence-corrected chi connectivity index (χ2v) is 4.18. The number of hydrogen-bond donors (Lipinski definition) is 1. The van der Waals surface area contributed by atoms with Gasteiger partial charge in [-0.15, -0.1) is 0 Å². The van der Waals surface area contributed by atoms with Crippen molar-refractivity contribution in [2.75, 3.05) is 7.11 Å². The zero-order chi connectivity index (χ0) is 11.8. The molecule has 0 spiro atoms. The Morgan fingerprint density at radius 1 is 1.56 bits per heavy atom. The van der Waals surface area contributed by atoms with E-state index in [1.54, 1.807) is 0 Å². The number of aryl methyl sites for hydroxylation is 2. The molecule has 1 aromatic rings. The summed E-state index contributed by atoms with van der Waals surface area (Å²) in [6.45, 7) is 2.06. The van der Waals surface area contributed by atoms with Gasteiger partial charge in [0.15, 0.2) is 5.60 Å². The fourth-order valence-electron chi connectivity index (χ4n) is 2.40. The quantitative estimate of drug-likeness (QED) is 0.848. The van der Waals surface area contributed by atoms with Crippen LogP contribution in [0, 0.1) is 0 Å². The molecule has 0 bridgehead atoms. The average molecular weight is 220 g/mol. The lowest BCUT2D eigenvalue weighted by Crippen LogP contribution is -2.35. The van der Waals surface area contributed by atoms with Crippen LogP contribution in [-0.4, -0.2) is 18.2 Å². The molecule has 1 aliphatic rings. The first-order chi connectivity index (χ1) is 7.64. The number of carbonyl (C=O) groups is 1. The van der Waals surface area contributed by atoms with Crippen LogP contribution in [0.25, 0.3) is 0 Å². The number of rotatable bonds is 3. The molecule has 0 saturated heterocycles. The number of benzene rings is 1. The van der Waals surface area contributed by atoms with Crippen molar-refractivity contribution >= 4 is 5.97 Å². The Morgan fingerprint density at radius 2 is 2.31 bits per heavy atom. The molecule has 1 N–H and O–H groups in total. The molecule has 0 radical (unpaired) electrons. The molecule has 1 aromatic carbocycles. The molecule has 2 rings (SSSR count). The predicted octanol–water partition coefficient (Wildman–Crippen LogP) is 2.12. The van der Waals surface area contributed by atoms with Crippen molar-refractivity contribution in [2.24, 2.45) is 0 Å². The highest BCUT2D eigenvalue weighted by molar-refractivity contribution is 5.81. The Balaban J connectivity index is 2.55. The molecule has 16 heavy (non-hydrogen) atoms. The van der Waals surface area contributed by atoms with Crippen LogP contribution >= 0.6 is 0 Å². The van der Waals surface area contributed by atoms with E-state index in [1.807, 2.05) is 12.1 Å². The molecule has 1 unspecified atom stereocenters. The Labute approximate surface area is 95.0 Å². The maximum atomic E-state index is 11.4. The lowest BCUT2D eigenvalue weighted by Gasteiger charge is -2.24. The third-order valence-corrected chi connectivity index (χ3v) is 3.46. The van der Waals surface area contributed by atoms with Crippen LogP contribution in [0.4, 0.5) is 0 Å². The van der Waals surface area contributed by atoms with E-state index in [4.69, 9.17) is 4.74 Å². The topological polar surface area (TPSA) is 46.5 Å². The van der Waals surface area contributed by atoms with Crippen molar-refractivity contribution in [3.8, 4) is 0 Å². The van der Waals surface area contributed by atoms with Crippen LogP contribution in [-0.2, 0) is 28.0 Å². The molecule has 1 aliphatic carbocycles. The summed E-state index contributed by atoms with van der Waals surface area (Å²) in [7, 11) is 1.47. The minimum Gasteiger partial charge on any atom is -0.479 e. The van der Waals surface area contributed by atoms with Crippen molar-refractivity contribution in [2.45, 2.75) is 31.8 Å². The van der Waals surface area contributed by atoms with Gasteiger partial charge in [-0.1, -0.05) is 25.1 Å². The number of ether oxygens (including phenoxy) is 1. The van der Waals surface area contributed by atoms with Crippen LogP contribution in [0.15, 0.2) is 18.2 Å². The van der Waals surface area contributed by atoms with Crippen molar-refractivity contribution in [3.63, 3.8) is 0 Å². The lowest BCUT2D eigenvalue weighted by molar-refractivity contribution is -0.163. The van der Waals surface area contributed by atoms with Gasteiger partial charge >= 0.3 is 5.97 Å². The number of carboxylic acid groups (broad SMARTS) is 1. The number of hydrogen-bond acceptors (Lipinski definition) is 2. The number of methoxy groups -OCH3 is 1. The Hall–Kier alpha value is -1.35. The summed E-state index contributed by atoms with van der Waals surface area (Å²) in [6, 6.07) is 6.06. The van der Waals surface area contributed by atoms with Gasteiger partial charge in [-0.3, -0.25) is 0 Å². The normalized spacial score (nSPS) is 23.1. The monoisotopic (exact) mass is 220 g/mol. The van der Waals surface area contributed by atoms with Gasteiger partial charge in [-0.25, -0.2) is 4.79 Å². The molecule has 0 saturated carbocycles. The van der Waals surface area contributed by atoms with E-state index < -0.39 is 11.6 Å². The van der Waals surface area contributed by atoms with Crippen molar-refractivity contribution in [1.82, 2.24) is 0 Å². The van der Waals surface area contributed by atoms with E-state index in [0.29, 0.717) is 6.42 Å². The first-order valence-electron chi connectivity index (χ1n) is 5.55. The molecular weight excluding hydrogens is 204 g/mol. The Bertz CT molecular complexity index is 425. The third-order valence-electron chi connectivity index (χ3n) is 3.46. The van der Waals surface area contributed by atoms with Crippen LogP contribution < -0.4 is 0 Å². The van der Waals surface area contributed by atoms with Gasteiger partial charge in [0.05, 0.1) is 0 Å². The highest BCUT2D eigenvalue weighted by Gasteiger charge is 2.46. The fraction of sp³-hybridized carbons (Fsp3) is 0.462. The van der Waals surface area contributed by atoms with Crippen molar-refractivity contribution < 1.29 is 14.6 Å². The largest absolute Gasteiger partial charge is 0.479 e. The number of aliphatic carboxylic acids is 1. The minimum atomic E-state index is -1.12. The standard InChI is InChI=1S/C13H16O3/c1-3-9-4-5-10-6-7-13(16-2,12(14)15)11(10)8-9/h4-5,8H,3,6-7H2,1-2H3,(H,14,15). The molecule has 0 fully saturated rings. The minimum absolute atomic E-state index is 0.529. The second kappa shape index (κ2) is 3.91. The zero-order valence-corrected chi connectivity index (χ0v) is 9.62. The molecule has 0 aromatic heterocycles. The van der Waals surface area contributed by atoms with E-state index >= 15 is 0 Å². The highest BCUT2D eigenvalue weighted by Crippen LogP contribution is 2.40. The van der Waals surface area contributed by atoms with E-state index in [2.05, 4.69) is 13.0 Å².